The summed E-state index contributed by atoms with van der Waals surface area (Å²) in [6.45, 7) is 2.48. The lowest BCUT2D eigenvalue weighted by atomic mass is 10.0. The van der Waals surface area contributed by atoms with Crippen molar-refractivity contribution in [1.82, 2.24) is 10.6 Å². The number of piperidine rings is 2. The molecule has 104 valence electrons. The summed E-state index contributed by atoms with van der Waals surface area (Å²) in [6.07, 6.45) is 4.78. The van der Waals surface area contributed by atoms with E-state index in [-0.39, 0.29) is 12.0 Å². The monoisotopic (exact) mass is 258 g/mol. The summed E-state index contributed by atoms with van der Waals surface area (Å²) in [6, 6.07) is -0.279. The second-order valence-corrected chi connectivity index (χ2v) is 4.72. The third-order valence-electron chi connectivity index (χ3n) is 3.25. The number of rotatable bonds is 2. The number of carboxylic acids is 2. The molecule has 2 atom stereocenters. The van der Waals surface area contributed by atoms with Gasteiger partial charge in [0.05, 0.1) is 5.92 Å². The molecule has 0 spiro atoms. The third kappa shape index (κ3) is 5.46. The summed E-state index contributed by atoms with van der Waals surface area (Å²) >= 11 is 0. The zero-order valence-electron chi connectivity index (χ0n) is 10.5. The zero-order valence-corrected chi connectivity index (χ0v) is 10.5. The Kier molecular flexibility index (Phi) is 6.67. The van der Waals surface area contributed by atoms with E-state index in [0.717, 1.165) is 45.2 Å². The molecule has 2 rings (SSSR count). The lowest BCUT2D eigenvalue weighted by molar-refractivity contribution is -0.142. The molecule has 6 nitrogen and oxygen atoms in total. The van der Waals surface area contributed by atoms with E-state index in [0.29, 0.717) is 6.54 Å². The van der Waals surface area contributed by atoms with Gasteiger partial charge < -0.3 is 20.8 Å². The van der Waals surface area contributed by atoms with Crippen LogP contribution in [0.25, 0.3) is 0 Å². The Morgan fingerprint density at radius 1 is 0.944 bits per heavy atom. The van der Waals surface area contributed by atoms with E-state index in [9.17, 15) is 9.59 Å². The highest BCUT2D eigenvalue weighted by atomic mass is 16.4. The highest BCUT2D eigenvalue weighted by Gasteiger charge is 2.19. The van der Waals surface area contributed by atoms with Gasteiger partial charge in [-0.15, -0.1) is 0 Å². The van der Waals surface area contributed by atoms with Crippen LogP contribution in [0.2, 0.25) is 0 Å². The third-order valence-corrected chi connectivity index (χ3v) is 3.25. The second-order valence-electron chi connectivity index (χ2n) is 4.72. The Labute approximate surface area is 107 Å². The fourth-order valence-electron chi connectivity index (χ4n) is 2.13. The molecule has 2 fully saturated rings. The van der Waals surface area contributed by atoms with E-state index in [1.54, 1.807) is 0 Å². The molecule has 0 bridgehead atoms. The Hall–Kier alpha value is -1.14. The van der Waals surface area contributed by atoms with Crippen LogP contribution in [-0.2, 0) is 9.59 Å². The van der Waals surface area contributed by atoms with E-state index >= 15 is 0 Å². The number of aliphatic carboxylic acids is 2. The van der Waals surface area contributed by atoms with E-state index in [4.69, 9.17) is 10.2 Å². The Balaban J connectivity index is 0.000000180. The summed E-state index contributed by atoms with van der Waals surface area (Å²) in [7, 11) is 0. The van der Waals surface area contributed by atoms with Crippen molar-refractivity contribution in [3.05, 3.63) is 0 Å². The molecule has 2 unspecified atom stereocenters. The molecule has 0 aromatic carbocycles. The number of carbonyl (C=O) groups is 2. The van der Waals surface area contributed by atoms with Gasteiger partial charge in [0.25, 0.3) is 0 Å². The smallest absolute Gasteiger partial charge is 0.320 e. The molecule has 2 heterocycles. The maximum Gasteiger partial charge on any atom is 0.320 e. The summed E-state index contributed by atoms with van der Waals surface area (Å²) in [5, 5.41) is 22.9. The lowest BCUT2D eigenvalue weighted by Crippen LogP contribution is -2.40. The van der Waals surface area contributed by atoms with Gasteiger partial charge in [-0.1, -0.05) is 6.42 Å². The highest BCUT2D eigenvalue weighted by molar-refractivity contribution is 5.73. The predicted octanol–water partition coefficient (Wildman–Crippen LogP) is 0.284. The Morgan fingerprint density at radius 3 is 2.06 bits per heavy atom. The van der Waals surface area contributed by atoms with Crippen LogP contribution >= 0.6 is 0 Å². The Morgan fingerprint density at radius 2 is 1.72 bits per heavy atom. The molecule has 0 radical (unpaired) electrons. The van der Waals surface area contributed by atoms with Crippen LogP contribution in [0.1, 0.15) is 32.1 Å². The van der Waals surface area contributed by atoms with Crippen LogP contribution in [-0.4, -0.2) is 47.8 Å². The van der Waals surface area contributed by atoms with Crippen molar-refractivity contribution in [3.63, 3.8) is 0 Å². The molecule has 2 saturated heterocycles. The SMILES string of the molecule is O=C(O)C1CCCCN1.O=C(O)C1CCCNC1. The molecular weight excluding hydrogens is 236 g/mol. The van der Waals surface area contributed by atoms with Crippen molar-refractivity contribution in [2.75, 3.05) is 19.6 Å². The molecular formula is C12H22N2O4. The molecule has 18 heavy (non-hydrogen) atoms. The minimum atomic E-state index is -0.713. The largest absolute Gasteiger partial charge is 0.481 e. The van der Waals surface area contributed by atoms with E-state index in [1.165, 1.54) is 0 Å². The normalized spacial score (nSPS) is 27.8. The van der Waals surface area contributed by atoms with Crippen LogP contribution in [0, 0.1) is 5.92 Å². The van der Waals surface area contributed by atoms with Crippen LogP contribution in [0.3, 0.4) is 0 Å². The van der Waals surface area contributed by atoms with Gasteiger partial charge in [-0.25, -0.2) is 0 Å². The van der Waals surface area contributed by atoms with Crippen LogP contribution in [0.5, 0.6) is 0 Å². The first kappa shape index (κ1) is 14.9. The maximum atomic E-state index is 10.3. The van der Waals surface area contributed by atoms with Gasteiger partial charge in [0, 0.05) is 6.54 Å². The van der Waals surface area contributed by atoms with Gasteiger partial charge in [0.15, 0.2) is 0 Å². The molecule has 0 aliphatic carbocycles. The standard InChI is InChI=1S/2C6H11NO2/c8-6(9)5-2-1-3-7-4-5;8-6(9)5-3-1-2-4-7-5/h2*5,7H,1-4H2,(H,8,9). The fourth-order valence-corrected chi connectivity index (χ4v) is 2.13. The Bertz CT molecular complexity index is 243. The van der Waals surface area contributed by atoms with Crippen LogP contribution in [0.4, 0.5) is 0 Å². The minimum absolute atomic E-state index is 0.140. The summed E-state index contributed by atoms with van der Waals surface area (Å²) in [5.74, 6) is -1.52. The number of carboxylic acid groups (broad SMARTS) is 2. The first-order valence-electron chi connectivity index (χ1n) is 6.51. The highest BCUT2D eigenvalue weighted by Crippen LogP contribution is 2.08. The zero-order chi connectivity index (χ0) is 13.4. The van der Waals surface area contributed by atoms with Gasteiger partial charge in [-0.2, -0.15) is 0 Å². The quantitative estimate of drug-likeness (QED) is 0.568. The van der Waals surface area contributed by atoms with Crippen molar-refractivity contribution in [2.45, 2.75) is 38.1 Å². The predicted molar refractivity (Wildman–Crippen MR) is 66.5 cm³/mol. The van der Waals surface area contributed by atoms with Crippen molar-refractivity contribution in [3.8, 4) is 0 Å². The number of hydrogen-bond donors (Lipinski definition) is 4. The van der Waals surface area contributed by atoms with Gasteiger partial charge >= 0.3 is 11.9 Å². The fraction of sp³-hybridized carbons (Fsp3) is 0.833. The van der Waals surface area contributed by atoms with Gasteiger partial charge in [-0.05, 0) is 38.8 Å². The first-order valence-corrected chi connectivity index (χ1v) is 6.51. The number of nitrogens with one attached hydrogen (secondary N) is 2. The molecule has 6 heteroatoms. The first-order chi connectivity index (χ1) is 8.61. The van der Waals surface area contributed by atoms with Crippen molar-refractivity contribution >= 4 is 11.9 Å². The topological polar surface area (TPSA) is 98.7 Å². The second kappa shape index (κ2) is 8.05. The molecule has 0 saturated carbocycles. The molecule has 2 aliphatic rings. The van der Waals surface area contributed by atoms with Crippen LogP contribution < -0.4 is 10.6 Å². The van der Waals surface area contributed by atoms with E-state index in [1.807, 2.05) is 0 Å². The molecule has 0 amide bonds. The lowest BCUT2D eigenvalue weighted by Gasteiger charge is -2.18. The van der Waals surface area contributed by atoms with Gasteiger partial charge in [0.2, 0.25) is 0 Å². The van der Waals surface area contributed by atoms with Crippen molar-refractivity contribution < 1.29 is 19.8 Å². The average molecular weight is 258 g/mol. The molecule has 0 aromatic rings. The van der Waals surface area contributed by atoms with Crippen molar-refractivity contribution in [1.29, 1.82) is 0 Å². The summed E-state index contributed by atoms with van der Waals surface area (Å²) in [4.78, 5) is 20.6. The van der Waals surface area contributed by atoms with Gasteiger partial charge in [-0.3, -0.25) is 9.59 Å². The maximum absolute atomic E-state index is 10.3. The van der Waals surface area contributed by atoms with E-state index in [2.05, 4.69) is 10.6 Å². The van der Waals surface area contributed by atoms with Crippen molar-refractivity contribution in [2.24, 2.45) is 5.92 Å². The summed E-state index contributed by atoms with van der Waals surface area (Å²) in [5.41, 5.74) is 0. The van der Waals surface area contributed by atoms with Crippen LogP contribution in [0.15, 0.2) is 0 Å². The van der Waals surface area contributed by atoms with E-state index < -0.39 is 11.9 Å². The molecule has 4 N–H and O–H groups in total. The number of hydrogen-bond acceptors (Lipinski definition) is 4. The van der Waals surface area contributed by atoms with Gasteiger partial charge in [0.1, 0.15) is 6.04 Å². The minimum Gasteiger partial charge on any atom is -0.481 e. The summed E-state index contributed by atoms with van der Waals surface area (Å²) < 4.78 is 0. The molecule has 2 aliphatic heterocycles. The molecule has 0 aromatic heterocycles. The average Bonchev–Trinajstić information content (AvgIpc) is 2.41.